The smallest absolute Gasteiger partial charge is 0.136 e. The average molecular weight is 219 g/mol. The topological polar surface area (TPSA) is 40.5 Å². The van der Waals surface area contributed by atoms with Gasteiger partial charge in [-0.15, -0.1) is 0 Å². The van der Waals surface area contributed by atoms with Crippen molar-refractivity contribution in [3.8, 4) is 0 Å². The molecule has 1 fully saturated rings. The Labute approximate surface area is 95.7 Å². The maximum Gasteiger partial charge on any atom is 0.136 e. The summed E-state index contributed by atoms with van der Waals surface area (Å²) in [6.07, 6.45) is -0.499. The van der Waals surface area contributed by atoms with Gasteiger partial charge in [0.05, 0.1) is 12.0 Å². The van der Waals surface area contributed by atoms with Crippen LogP contribution in [0.15, 0.2) is 30.3 Å². The predicted octanol–water partition coefficient (Wildman–Crippen LogP) is 1.07. The summed E-state index contributed by atoms with van der Waals surface area (Å²) in [5.74, 6) is -0.119. The fourth-order valence-electron chi connectivity index (χ4n) is 2.24. The van der Waals surface area contributed by atoms with E-state index in [1.54, 1.807) is 6.92 Å². The highest BCUT2D eigenvalue weighted by atomic mass is 16.3. The van der Waals surface area contributed by atoms with Gasteiger partial charge in [0.2, 0.25) is 0 Å². The molecule has 2 rings (SSSR count). The second-order valence-electron chi connectivity index (χ2n) is 4.46. The molecule has 2 unspecified atom stereocenters. The maximum absolute atomic E-state index is 11.3. The van der Waals surface area contributed by atoms with Gasteiger partial charge in [0.15, 0.2) is 0 Å². The fraction of sp³-hybridized carbons (Fsp3) is 0.462. The van der Waals surface area contributed by atoms with E-state index in [1.807, 2.05) is 18.2 Å². The Morgan fingerprint density at radius 3 is 2.62 bits per heavy atom. The Hall–Kier alpha value is -1.19. The molecule has 1 saturated heterocycles. The fourth-order valence-corrected chi connectivity index (χ4v) is 2.24. The normalized spacial score (nSPS) is 25.9. The number of hydrogen-bond donors (Lipinski definition) is 1. The number of β-amino-alcohol motifs (C(OH)–C–C–N with tert-alkyl or cyclic N) is 1. The molecule has 3 heteroatoms. The molecule has 0 aromatic heterocycles. The molecule has 1 heterocycles. The number of rotatable bonds is 3. The predicted molar refractivity (Wildman–Crippen MR) is 61.9 cm³/mol. The van der Waals surface area contributed by atoms with Gasteiger partial charge in [0, 0.05) is 19.6 Å². The number of Topliss-reactive ketones (excluding diaryl/α,β-unsaturated/α-hetero) is 1. The molecule has 2 atom stereocenters. The van der Waals surface area contributed by atoms with E-state index in [0.717, 1.165) is 6.54 Å². The SMILES string of the molecule is CC(=O)C1CN(Cc2ccccc2)CC1O. The molecule has 0 saturated carbocycles. The molecule has 1 aromatic rings. The van der Waals surface area contributed by atoms with E-state index in [-0.39, 0.29) is 11.7 Å². The molecule has 86 valence electrons. The van der Waals surface area contributed by atoms with Gasteiger partial charge in [0.25, 0.3) is 0 Å². The number of aliphatic hydroxyl groups excluding tert-OH is 1. The van der Waals surface area contributed by atoms with Crippen LogP contribution in [0.2, 0.25) is 0 Å². The van der Waals surface area contributed by atoms with Crippen LogP contribution in [0, 0.1) is 5.92 Å². The molecule has 0 bridgehead atoms. The van der Waals surface area contributed by atoms with E-state index in [1.165, 1.54) is 5.56 Å². The molecule has 0 radical (unpaired) electrons. The van der Waals surface area contributed by atoms with Crippen molar-refractivity contribution in [3.05, 3.63) is 35.9 Å². The first kappa shape index (κ1) is 11.3. The van der Waals surface area contributed by atoms with Crippen LogP contribution in [0.4, 0.5) is 0 Å². The summed E-state index contributed by atoms with van der Waals surface area (Å²) in [5.41, 5.74) is 1.22. The van der Waals surface area contributed by atoms with Crippen molar-refractivity contribution in [2.45, 2.75) is 19.6 Å². The average Bonchev–Trinajstić information content (AvgIpc) is 2.61. The third-order valence-electron chi connectivity index (χ3n) is 3.14. The zero-order valence-electron chi connectivity index (χ0n) is 9.47. The third kappa shape index (κ3) is 2.49. The van der Waals surface area contributed by atoms with Crippen molar-refractivity contribution in [3.63, 3.8) is 0 Å². The number of benzene rings is 1. The van der Waals surface area contributed by atoms with Crippen LogP contribution in [0.25, 0.3) is 0 Å². The minimum Gasteiger partial charge on any atom is -0.391 e. The van der Waals surface area contributed by atoms with Crippen molar-refractivity contribution >= 4 is 5.78 Å². The number of carbonyl (C=O) groups is 1. The first-order valence-corrected chi connectivity index (χ1v) is 5.61. The summed E-state index contributed by atoms with van der Waals surface area (Å²) in [4.78, 5) is 13.4. The second kappa shape index (κ2) is 4.76. The van der Waals surface area contributed by atoms with Gasteiger partial charge in [-0.05, 0) is 12.5 Å². The van der Waals surface area contributed by atoms with E-state index < -0.39 is 6.10 Å². The number of aliphatic hydroxyl groups is 1. The molecule has 0 aliphatic carbocycles. The highest BCUT2D eigenvalue weighted by molar-refractivity contribution is 5.79. The van der Waals surface area contributed by atoms with Crippen molar-refractivity contribution in [2.24, 2.45) is 5.92 Å². The zero-order chi connectivity index (χ0) is 11.5. The van der Waals surface area contributed by atoms with E-state index in [2.05, 4.69) is 17.0 Å². The van der Waals surface area contributed by atoms with Crippen LogP contribution in [0.5, 0.6) is 0 Å². The van der Waals surface area contributed by atoms with Crippen LogP contribution in [-0.2, 0) is 11.3 Å². The molecule has 0 amide bonds. The maximum atomic E-state index is 11.3. The third-order valence-corrected chi connectivity index (χ3v) is 3.14. The van der Waals surface area contributed by atoms with Gasteiger partial charge >= 0.3 is 0 Å². The Kier molecular flexibility index (Phi) is 3.36. The van der Waals surface area contributed by atoms with Gasteiger partial charge in [-0.2, -0.15) is 0 Å². The Morgan fingerprint density at radius 2 is 2.06 bits per heavy atom. The summed E-state index contributed by atoms with van der Waals surface area (Å²) in [6, 6.07) is 10.1. The number of hydrogen-bond acceptors (Lipinski definition) is 3. The number of nitrogens with zero attached hydrogens (tertiary/aromatic N) is 1. The lowest BCUT2D eigenvalue weighted by Crippen LogP contribution is -2.24. The first-order valence-electron chi connectivity index (χ1n) is 5.61. The highest BCUT2D eigenvalue weighted by Gasteiger charge is 2.33. The van der Waals surface area contributed by atoms with Crippen molar-refractivity contribution in [1.82, 2.24) is 4.90 Å². The molecule has 1 aliphatic rings. The number of ketones is 1. The standard InChI is InChI=1S/C13H17NO2/c1-10(15)12-8-14(9-13(12)16)7-11-5-3-2-4-6-11/h2-6,12-13,16H,7-9H2,1H3. The summed E-state index contributed by atoms with van der Waals surface area (Å²) in [7, 11) is 0. The van der Waals surface area contributed by atoms with Crippen molar-refractivity contribution < 1.29 is 9.90 Å². The Morgan fingerprint density at radius 1 is 1.38 bits per heavy atom. The largest absolute Gasteiger partial charge is 0.391 e. The minimum absolute atomic E-state index is 0.0862. The summed E-state index contributed by atoms with van der Waals surface area (Å²) in [5, 5.41) is 9.75. The van der Waals surface area contributed by atoms with Crippen molar-refractivity contribution in [1.29, 1.82) is 0 Å². The monoisotopic (exact) mass is 219 g/mol. The molecule has 1 aliphatic heterocycles. The molecule has 3 nitrogen and oxygen atoms in total. The van der Waals surface area contributed by atoms with E-state index in [4.69, 9.17) is 0 Å². The van der Waals surface area contributed by atoms with Crippen LogP contribution in [0.3, 0.4) is 0 Å². The quantitative estimate of drug-likeness (QED) is 0.826. The van der Waals surface area contributed by atoms with Gasteiger partial charge in [-0.25, -0.2) is 0 Å². The number of carbonyl (C=O) groups excluding carboxylic acids is 1. The zero-order valence-corrected chi connectivity index (χ0v) is 9.47. The molecular weight excluding hydrogens is 202 g/mol. The summed E-state index contributed by atoms with van der Waals surface area (Å²) < 4.78 is 0. The first-order chi connectivity index (χ1) is 7.66. The number of likely N-dealkylation sites (tertiary alicyclic amines) is 1. The van der Waals surface area contributed by atoms with Gasteiger partial charge in [-0.1, -0.05) is 30.3 Å². The lowest BCUT2D eigenvalue weighted by atomic mass is 10.0. The van der Waals surface area contributed by atoms with Gasteiger partial charge in [0.1, 0.15) is 5.78 Å². The highest BCUT2D eigenvalue weighted by Crippen LogP contribution is 2.19. The molecule has 1 aromatic carbocycles. The summed E-state index contributed by atoms with van der Waals surface area (Å²) >= 11 is 0. The van der Waals surface area contributed by atoms with E-state index >= 15 is 0 Å². The molecule has 1 N–H and O–H groups in total. The lowest BCUT2D eigenvalue weighted by molar-refractivity contribution is -0.122. The minimum atomic E-state index is -0.499. The van der Waals surface area contributed by atoms with E-state index in [0.29, 0.717) is 13.1 Å². The van der Waals surface area contributed by atoms with Crippen molar-refractivity contribution in [2.75, 3.05) is 13.1 Å². The lowest BCUT2D eigenvalue weighted by Gasteiger charge is -2.14. The molecular formula is C13H17NO2. The van der Waals surface area contributed by atoms with Gasteiger partial charge in [-0.3, -0.25) is 9.69 Å². The van der Waals surface area contributed by atoms with Crippen LogP contribution in [0.1, 0.15) is 12.5 Å². The Balaban J connectivity index is 1.96. The van der Waals surface area contributed by atoms with Crippen LogP contribution >= 0.6 is 0 Å². The molecule has 0 spiro atoms. The van der Waals surface area contributed by atoms with Gasteiger partial charge < -0.3 is 5.11 Å². The van der Waals surface area contributed by atoms with Crippen LogP contribution in [-0.4, -0.2) is 35.0 Å². The van der Waals surface area contributed by atoms with E-state index in [9.17, 15) is 9.90 Å². The van der Waals surface area contributed by atoms with Crippen LogP contribution < -0.4 is 0 Å². The Bertz CT molecular complexity index is 363. The molecule has 16 heavy (non-hydrogen) atoms. The second-order valence-corrected chi connectivity index (χ2v) is 4.46. The summed E-state index contributed by atoms with van der Waals surface area (Å²) in [6.45, 7) is 3.63.